The van der Waals surface area contributed by atoms with Crippen LogP contribution in [0.5, 0.6) is 0 Å². The third-order valence-corrected chi connectivity index (χ3v) is 9.33. The molecule has 2 nitrogen and oxygen atoms in total. The molecule has 1 unspecified atom stereocenters. The molecule has 4 heteroatoms. The molecule has 0 radical (unpaired) electrons. The lowest BCUT2D eigenvalue weighted by Gasteiger charge is -2.24. The summed E-state index contributed by atoms with van der Waals surface area (Å²) in [6, 6.07) is 28.6. The topological polar surface area (TPSA) is 34.1 Å². The average molecular weight is 367 g/mol. The SMILES string of the molecule is CC(c1cccc(S(C)(=O)=O)c1)[SiH](c1ccccc1)c1ccccc1. The van der Waals surface area contributed by atoms with E-state index in [2.05, 4.69) is 55.5 Å². The largest absolute Gasteiger partial charge is 0.224 e. The minimum atomic E-state index is -3.20. The summed E-state index contributed by atoms with van der Waals surface area (Å²) in [5, 5.41) is 2.73. The van der Waals surface area contributed by atoms with Gasteiger partial charge in [-0.2, -0.15) is 0 Å². The number of benzene rings is 3. The van der Waals surface area contributed by atoms with Crippen LogP contribution in [0.1, 0.15) is 18.0 Å². The van der Waals surface area contributed by atoms with Crippen LogP contribution >= 0.6 is 0 Å². The van der Waals surface area contributed by atoms with E-state index in [0.717, 1.165) is 5.56 Å². The van der Waals surface area contributed by atoms with Crippen molar-refractivity contribution in [3.05, 3.63) is 90.5 Å². The summed E-state index contributed by atoms with van der Waals surface area (Å²) in [7, 11) is -4.74. The van der Waals surface area contributed by atoms with Crippen LogP contribution in [0.4, 0.5) is 0 Å². The molecule has 0 aliphatic heterocycles. The van der Waals surface area contributed by atoms with Crippen molar-refractivity contribution >= 4 is 29.0 Å². The molecule has 0 saturated heterocycles. The number of sulfone groups is 1. The van der Waals surface area contributed by atoms with Crippen molar-refractivity contribution in [1.29, 1.82) is 0 Å². The van der Waals surface area contributed by atoms with Crippen LogP contribution in [0.3, 0.4) is 0 Å². The predicted molar refractivity (Wildman–Crippen MR) is 107 cm³/mol. The zero-order valence-corrected chi connectivity index (χ0v) is 16.4. The fourth-order valence-corrected chi connectivity index (χ4v) is 7.39. The summed E-state index contributed by atoms with van der Waals surface area (Å²) < 4.78 is 23.9. The van der Waals surface area contributed by atoms with E-state index < -0.39 is 18.6 Å². The highest BCUT2D eigenvalue weighted by atomic mass is 32.2. The van der Waals surface area contributed by atoms with E-state index in [1.807, 2.05) is 30.3 Å². The van der Waals surface area contributed by atoms with E-state index in [1.54, 1.807) is 6.07 Å². The first kappa shape index (κ1) is 17.6. The molecule has 0 saturated carbocycles. The van der Waals surface area contributed by atoms with Crippen LogP contribution in [-0.2, 0) is 9.84 Å². The molecule has 3 aromatic rings. The standard InChI is InChI=1S/C21H22O2SSi/c1-17(18-10-9-11-19(16-18)24(2,22)23)25(20-12-5-3-6-13-20)21-14-7-4-8-15-21/h3-17,25H,1-2H3. The van der Waals surface area contributed by atoms with E-state index in [4.69, 9.17) is 0 Å². The van der Waals surface area contributed by atoms with Crippen molar-refractivity contribution in [3.63, 3.8) is 0 Å². The lowest BCUT2D eigenvalue weighted by atomic mass is 10.2. The van der Waals surface area contributed by atoms with Crippen molar-refractivity contribution in [3.8, 4) is 0 Å². The van der Waals surface area contributed by atoms with Crippen molar-refractivity contribution in [1.82, 2.24) is 0 Å². The first-order valence-electron chi connectivity index (χ1n) is 8.37. The number of hydrogen-bond donors (Lipinski definition) is 0. The molecule has 25 heavy (non-hydrogen) atoms. The Morgan fingerprint density at radius 3 is 1.76 bits per heavy atom. The fourth-order valence-electron chi connectivity index (χ4n) is 3.31. The maximum Gasteiger partial charge on any atom is 0.175 e. The molecular weight excluding hydrogens is 344 g/mol. The van der Waals surface area contributed by atoms with E-state index in [-0.39, 0.29) is 5.54 Å². The average Bonchev–Trinajstić information content (AvgIpc) is 2.63. The minimum Gasteiger partial charge on any atom is -0.224 e. The molecule has 128 valence electrons. The maximum atomic E-state index is 11.9. The zero-order chi connectivity index (χ0) is 17.9. The van der Waals surface area contributed by atoms with Crippen LogP contribution in [0.25, 0.3) is 0 Å². The van der Waals surface area contributed by atoms with Gasteiger partial charge in [-0.15, -0.1) is 0 Å². The van der Waals surface area contributed by atoms with E-state index in [1.165, 1.54) is 16.6 Å². The second-order valence-electron chi connectivity index (χ2n) is 6.43. The highest BCUT2D eigenvalue weighted by molar-refractivity contribution is 7.90. The van der Waals surface area contributed by atoms with Gasteiger partial charge in [-0.05, 0) is 23.2 Å². The van der Waals surface area contributed by atoms with Gasteiger partial charge in [-0.3, -0.25) is 0 Å². The van der Waals surface area contributed by atoms with Crippen LogP contribution in [0.2, 0.25) is 0 Å². The molecule has 0 bridgehead atoms. The Morgan fingerprint density at radius 1 is 0.760 bits per heavy atom. The lowest BCUT2D eigenvalue weighted by Crippen LogP contribution is -2.46. The highest BCUT2D eigenvalue weighted by Gasteiger charge is 2.25. The normalized spacial score (nSPS) is 12.9. The summed E-state index contributed by atoms with van der Waals surface area (Å²) in [5.74, 6) is 0. The fraction of sp³-hybridized carbons (Fsp3) is 0.143. The van der Waals surface area contributed by atoms with Crippen molar-refractivity contribution < 1.29 is 8.42 Å². The van der Waals surface area contributed by atoms with Crippen molar-refractivity contribution in [2.45, 2.75) is 17.4 Å². The first-order chi connectivity index (χ1) is 12.0. The molecule has 0 spiro atoms. The van der Waals surface area contributed by atoms with Crippen molar-refractivity contribution in [2.24, 2.45) is 0 Å². The number of hydrogen-bond acceptors (Lipinski definition) is 2. The Bertz CT molecular complexity index is 898. The van der Waals surface area contributed by atoms with E-state index in [0.29, 0.717) is 4.90 Å². The first-order valence-corrected chi connectivity index (χ1v) is 12.1. The second-order valence-corrected chi connectivity index (χ2v) is 11.7. The maximum absolute atomic E-state index is 11.9. The Kier molecular flexibility index (Phi) is 5.21. The van der Waals surface area contributed by atoms with Gasteiger partial charge < -0.3 is 0 Å². The molecule has 0 amide bonds. The minimum absolute atomic E-state index is 0.284. The summed E-state index contributed by atoms with van der Waals surface area (Å²) in [6.07, 6.45) is 1.26. The third-order valence-electron chi connectivity index (χ3n) is 4.63. The zero-order valence-electron chi connectivity index (χ0n) is 14.5. The van der Waals surface area contributed by atoms with Gasteiger partial charge in [0.15, 0.2) is 9.84 Å². The highest BCUT2D eigenvalue weighted by Crippen LogP contribution is 2.22. The van der Waals surface area contributed by atoms with Crippen molar-refractivity contribution in [2.75, 3.05) is 6.26 Å². The van der Waals surface area contributed by atoms with Gasteiger partial charge in [0.05, 0.1) is 4.90 Å². The molecule has 0 heterocycles. The molecule has 0 aliphatic carbocycles. The quantitative estimate of drug-likeness (QED) is 0.651. The molecular formula is C21H22O2SSi. The Morgan fingerprint density at radius 2 is 1.28 bits per heavy atom. The van der Waals surface area contributed by atoms with E-state index >= 15 is 0 Å². The molecule has 0 fully saturated rings. The van der Waals surface area contributed by atoms with Crippen LogP contribution in [0.15, 0.2) is 89.8 Å². The van der Waals surface area contributed by atoms with Crippen LogP contribution in [-0.4, -0.2) is 23.5 Å². The summed E-state index contributed by atoms with van der Waals surface area (Å²) in [5.41, 5.74) is 1.37. The molecule has 0 N–H and O–H groups in total. The summed E-state index contributed by atoms with van der Waals surface area (Å²) in [6.45, 7) is 2.22. The molecule has 3 rings (SSSR count). The predicted octanol–water partition coefficient (Wildman–Crippen LogP) is 2.77. The van der Waals surface area contributed by atoms with Gasteiger partial charge in [0.2, 0.25) is 0 Å². The third kappa shape index (κ3) is 4.09. The Balaban J connectivity index is 2.08. The smallest absolute Gasteiger partial charge is 0.175 e. The van der Waals surface area contributed by atoms with E-state index in [9.17, 15) is 8.42 Å². The van der Waals surface area contributed by atoms with Gasteiger partial charge in [0.1, 0.15) is 8.80 Å². The molecule has 0 aliphatic rings. The molecule has 3 aromatic carbocycles. The van der Waals surface area contributed by atoms with Crippen LogP contribution in [0, 0.1) is 0 Å². The monoisotopic (exact) mass is 366 g/mol. The van der Waals surface area contributed by atoms with Gasteiger partial charge >= 0.3 is 0 Å². The van der Waals surface area contributed by atoms with Gasteiger partial charge in [-0.1, -0.05) is 90.1 Å². The Labute approximate surface area is 151 Å². The summed E-state index contributed by atoms with van der Waals surface area (Å²) in [4.78, 5) is 0.394. The number of rotatable bonds is 5. The van der Waals surface area contributed by atoms with Gasteiger partial charge in [0.25, 0.3) is 0 Å². The molecule has 0 aromatic heterocycles. The van der Waals surface area contributed by atoms with Gasteiger partial charge in [0, 0.05) is 6.26 Å². The molecule has 1 atom stereocenters. The Hall–Kier alpha value is -2.17. The van der Waals surface area contributed by atoms with Gasteiger partial charge in [-0.25, -0.2) is 8.42 Å². The van der Waals surface area contributed by atoms with Crippen LogP contribution < -0.4 is 10.4 Å². The lowest BCUT2D eigenvalue weighted by molar-refractivity contribution is 0.601. The summed E-state index contributed by atoms with van der Waals surface area (Å²) >= 11 is 0. The second kappa shape index (κ2) is 7.38.